The Morgan fingerprint density at radius 2 is 2.04 bits per heavy atom. The zero-order valence-electron chi connectivity index (χ0n) is 15.3. The maximum absolute atomic E-state index is 12.6. The van der Waals surface area contributed by atoms with Crippen LogP contribution in [0.5, 0.6) is 0 Å². The summed E-state index contributed by atoms with van der Waals surface area (Å²) in [4.78, 5) is 37.8. The van der Waals surface area contributed by atoms with Crippen LogP contribution in [-0.2, 0) is 19.1 Å². The molecular weight excluding hydrogens is 374 g/mol. The molecule has 1 aliphatic carbocycles. The molecule has 2 rings (SSSR count). The van der Waals surface area contributed by atoms with Gasteiger partial charge >= 0.3 is 0 Å². The van der Waals surface area contributed by atoms with Gasteiger partial charge in [-0.1, -0.05) is 19.3 Å². The molecule has 0 aromatic carbocycles. The van der Waals surface area contributed by atoms with E-state index in [0.29, 0.717) is 23.3 Å². The highest BCUT2D eigenvalue weighted by Crippen LogP contribution is 2.27. The van der Waals surface area contributed by atoms with Crippen LogP contribution in [0.15, 0.2) is 0 Å². The van der Waals surface area contributed by atoms with Gasteiger partial charge in [0.1, 0.15) is 18.7 Å². The molecule has 0 aromatic rings. The SMILES string of the molecule is COCC(=O)N1CSC[C@H]1C(=O)NC(CSCC1CCCCC1)C(N)=O. The standard InChI is InChI=1S/C17H29N3O4S2/c1-24-7-15(21)20-11-26-10-14(20)17(23)19-13(16(18)22)9-25-8-12-5-3-2-4-6-12/h12-14H,2-11H2,1H3,(H2,18,22)(H,19,23)/t13?,14-/m0/s1. The molecule has 0 aromatic heterocycles. The zero-order chi connectivity index (χ0) is 18.9. The van der Waals surface area contributed by atoms with Gasteiger partial charge in [0.15, 0.2) is 0 Å². The van der Waals surface area contributed by atoms with Crippen LogP contribution in [0.25, 0.3) is 0 Å². The average molecular weight is 404 g/mol. The van der Waals surface area contributed by atoms with Crippen molar-refractivity contribution in [3.8, 4) is 0 Å². The molecular formula is C17H29N3O4S2. The predicted octanol–water partition coefficient (Wildman–Crippen LogP) is 0.818. The minimum atomic E-state index is -0.707. The van der Waals surface area contributed by atoms with Gasteiger partial charge in [-0.3, -0.25) is 14.4 Å². The van der Waals surface area contributed by atoms with E-state index in [0.717, 1.165) is 5.75 Å². The van der Waals surface area contributed by atoms with Crippen LogP contribution in [-0.4, -0.2) is 71.6 Å². The molecule has 1 saturated heterocycles. The van der Waals surface area contributed by atoms with Crippen molar-refractivity contribution < 1.29 is 19.1 Å². The van der Waals surface area contributed by atoms with E-state index < -0.39 is 18.0 Å². The van der Waals surface area contributed by atoms with Crippen LogP contribution >= 0.6 is 23.5 Å². The van der Waals surface area contributed by atoms with Crippen LogP contribution in [0.3, 0.4) is 0 Å². The van der Waals surface area contributed by atoms with Gasteiger partial charge in [0, 0.05) is 18.6 Å². The molecule has 7 nitrogen and oxygen atoms in total. The molecule has 0 spiro atoms. The van der Waals surface area contributed by atoms with Gasteiger partial charge in [0.05, 0.1) is 5.88 Å². The first-order chi connectivity index (χ1) is 12.5. The Morgan fingerprint density at radius 3 is 2.69 bits per heavy atom. The smallest absolute Gasteiger partial charge is 0.249 e. The number of nitrogens with one attached hydrogen (secondary N) is 1. The van der Waals surface area contributed by atoms with Gasteiger partial charge in [0.2, 0.25) is 17.7 Å². The number of hydrogen-bond acceptors (Lipinski definition) is 6. The normalized spacial score (nSPS) is 22.2. The van der Waals surface area contributed by atoms with Crippen molar-refractivity contribution >= 4 is 41.2 Å². The van der Waals surface area contributed by atoms with E-state index in [9.17, 15) is 14.4 Å². The zero-order valence-corrected chi connectivity index (χ0v) is 16.9. The molecule has 9 heteroatoms. The van der Waals surface area contributed by atoms with Crippen molar-refractivity contribution in [1.29, 1.82) is 0 Å². The lowest BCUT2D eigenvalue weighted by Gasteiger charge is -2.25. The fourth-order valence-electron chi connectivity index (χ4n) is 3.28. The maximum Gasteiger partial charge on any atom is 0.249 e. The quantitative estimate of drug-likeness (QED) is 0.591. The van der Waals surface area contributed by atoms with E-state index in [1.807, 2.05) is 0 Å². The number of ether oxygens (including phenoxy) is 1. The van der Waals surface area contributed by atoms with Crippen LogP contribution in [0, 0.1) is 5.92 Å². The second kappa shape index (κ2) is 11.0. The summed E-state index contributed by atoms with van der Waals surface area (Å²) >= 11 is 3.19. The Balaban J connectivity index is 1.82. The van der Waals surface area contributed by atoms with Crippen LogP contribution in [0.2, 0.25) is 0 Å². The van der Waals surface area contributed by atoms with E-state index in [1.165, 1.54) is 55.9 Å². The number of carbonyl (C=O) groups is 3. The first kappa shape index (κ1) is 21.4. The molecule has 3 amide bonds. The highest BCUT2D eigenvalue weighted by atomic mass is 32.2. The minimum Gasteiger partial charge on any atom is -0.375 e. The van der Waals surface area contributed by atoms with Crippen LogP contribution in [0.4, 0.5) is 0 Å². The molecule has 1 aliphatic heterocycles. The molecule has 1 unspecified atom stereocenters. The lowest BCUT2D eigenvalue weighted by molar-refractivity contribution is -0.141. The van der Waals surface area contributed by atoms with E-state index in [2.05, 4.69) is 5.32 Å². The maximum atomic E-state index is 12.6. The lowest BCUT2D eigenvalue weighted by atomic mass is 9.91. The summed E-state index contributed by atoms with van der Waals surface area (Å²) in [6.45, 7) is -0.0547. The lowest BCUT2D eigenvalue weighted by Crippen LogP contribution is -2.54. The Kier molecular flexibility index (Phi) is 9.07. The Labute approximate surface area is 163 Å². The average Bonchev–Trinajstić information content (AvgIpc) is 3.12. The molecule has 3 N–H and O–H groups in total. The van der Waals surface area contributed by atoms with Gasteiger partial charge in [-0.2, -0.15) is 11.8 Å². The van der Waals surface area contributed by atoms with E-state index in [4.69, 9.17) is 10.5 Å². The highest BCUT2D eigenvalue weighted by Gasteiger charge is 2.35. The van der Waals surface area contributed by atoms with Crippen molar-refractivity contribution in [2.24, 2.45) is 11.7 Å². The molecule has 26 heavy (non-hydrogen) atoms. The number of nitrogens with two attached hydrogens (primary N) is 1. The van der Waals surface area contributed by atoms with Gasteiger partial charge < -0.3 is 20.7 Å². The van der Waals surface area contributed by atoms with Crippen LogP contribution in [0.1, 0.15) is 32.1 Å². The number of methoxy groups -OCH3 is 1. The van der Waals surface area contributed by atoms with Gasteiger partial charge in [0.25, 0.3) is 0 Å². The number of amides is 3. The van der Waals surface area contributed by atoms with Gasteiger partial charge in [-0.25, -0.2) is 0 Å². The molecule has 2 aliphatic rings. The predicted molar refractivity (Wildman–Crippen MR) is 105 cm³/mol. The third-order valence-electron chi connectivity index (χ3n) is 4.80. The molecule has 1 saturated carbocycles. The number of nitrogens with zero attached hydrogens (tertiary/aromatic N) is 1. The summed E-state index contributed by atoms with van der Waals surface area (Å²) in [5.74, 6) is 2.07. The van der Waals surface area contributed by atoms with Crippen LogP contribution < -0.4 is 11.1 Å². The third kappa shape index (κ3) is 6.35. The number of hydrogen-bond donors (Lipinski definition) is 2. The number of primary amides is 1. The van der Waals surface area contributed by atoms with Crippen molar-refractivity contribution in [2.75, 3.05) is 36.9 Å². The summed E-state index contributed by atoms with van der Waals surface area (Å²) in [6, 6.07) is -1.28. The van der Waals surface area contributed by atoms with Gasteiger partial charge in [-0.05, 0) is 24.5 Å². The van der Waals surface area contributed by atoms with Crippen molar-refractivity contribution in [1.82, 2.24) is 10.2 Å². The second-order valence-electron chi connectivity index (χ2n) is 6.82. The minimum absolute atomic E-state index is 0.0547. The molecule has 0 bridgehead atoms. The first-order valence-corrected chi connectivity index (χ1v) is 11.4. The van der Waals surface area contributed by atoms with E-state index in [-0.39, 0.29) is 18.4 Å². The topological polar surface area (TPSA) is 102 Å². The molecule has 2 fully saturated rings. The monoisotopic (exact) mass is 403 g/mol. The number of carbonyl (C=O) groups excluding carboxylic acids is 3. The Hall–Kier alpha value is -0.930. The summed E-state index contributed by atoms with van der Waals surface area (Å²) in [5.41, 5.74) is 5.47. The summed E-state index contributed by atoms with van der Waals surface area (Å²) in [6.07, 6.45) is 6.38. The Bertz CT molecular complexity index is 500. The van der Waals surface area contributed by atoms with E-state index in [1.54, 1.807) is 11.8 Å². The molecule has 0 radical (unpaired) electrons. The highest BCUT2D eigenvalue weighted by molar-refractivity contribution is 7.99. The Morgan fingerprint density at radius 1 is 1.31 bits per heavy atom. The number of thioether (sulfide) groups is 2. The van der Waals surface area contributed by atoms with E-state index >= 15 is 0 Å². The van der Waals surface area contributed by atoms with Crippen molar-refractivity contribution in [3.63, 3.8) is 0 Å². The number of rotatable bonds is 9. The first-order valence-electron chi connectivity index (χ1n) is 9.06. The second-order valence-corrected chi connectivity index (χ2v) is 8.89. The molecule has 148 valence electrons. The summed E-state index contributed by atoms with van der Waals surface area (Å²) in [5, 5.41) is 2.74. The largest absolute Gasteiger partial charge is 0.375 e. The summed E-state index contributed by atoms with van der Waals surface area (Å²) < 4.78 is 4.86. The van der Waals surface area contributed by atoms with Gasteiger partial charge in [-0.15, -0.1) is 11.8 Å². The van der Waals surface area contributed by atoms with Crippen molar-refractivity contribution in [2.45, 2.75) is 44.2 Å². The summed E-state index contributed by atoms with van der Waals surface area (Å²) in [7, 11) is 1.45. The third-order valence-corrected chi connectivity index (χ3v) is 7.08. The van der Waals surface area contributed by atoms with Crippen molar-refractivity contribution in [3.05, 3.63) is 0 Å². The fourth-order valence-corrected chi connectivity index (χ4v) is 5.75. The molecule has 2 atom stereocenters. The fraction of sp³-hybridized carbons (Fsp3) is 0.824. The molecule has 1 heterocycles.